The summed E-state index contributed by atoms with van der Waals surface area (Å²) >= 11 is 7.69. The quantitative estimate of drug-likeness (QED) is 0.853. The largest absolute Gasteiger partial charge is 0.351 e. The Kier molecular flexibility index (Phi) is 3.76. The molecule has 1 aliphatic rings. The van der Waals surface area contributed by atoms with Crippen molar-refractivity contribution in [2.75, 3.05) is 36.0 Å². The van der Waals surface area contributed by atoms with E-state index in [-0.39, 0.29) is 0 Å². The zero-order valence-electron chi connectivity index (χ0n) is 11.5. The van der Waals surface area contributed by atoms with Crippen molar-refractivity contribution in [3.05, 3.63) is 27.9 Å². The fourth-order valence-electron chi connectivity index (χ4n) is 2.35. The first-order valence-electron chi connectivity index (χ1n) is 6.55. The summed E-state index contributed by atoms with van der Waals surface area (Å²) in [6, 6.07) is 0. The molecule has 0 unspecified atom stereocenters. The molecule has 106 valence electrons. The summed E-state index contributed by atoms with van der Waals surface area (Å²) in [5, 5.41) is 11.9. The van der Waals surface area contributed by atoms with Crippen LogP contribution in [0.5, 0.6) is 0 Å². The number of rotatable bonds is 2. The Bertz CT molecular complexity index is 593. The molecule has 0 radical (unpaired) electrons. The Balaban J connectivity index is 1.74. The van der Waals surface area contributed by atoms with E-state index >= 15 is 0 Å². The summed E-state index contributed by atoms with van der Waals surface area (Å²) in [6.07, 6.45) is 1.85. The predicted molar refractivity (Wildman–Crippen MR) is 83.1 cm³/mol. The highest BCUT2D eigenvalue weighted by atomic mass is 35.5. The highest BCUT2D eigenvalue weighted by molar-refractivity contribution is 7.13. The van der Waals surface area contributed by atoms with Gasteiger partial charge < -0.3 is 9.80 Å². The fourth-order valence-corrected chi connectivity index (χ4v) is 3.22. The smallest absolute Gasteiger partial charge is 0.185 e. The van der Waals surface area contributed by atoms with Gasteiger partial charge in [0.15, 0.2) is 16.1 Å². The molecule has 0 spiro atoms. The van der Waals surface area contributed by atoms with Crippen molar-refractivity contribution in [1.82, 2.24) is 15.2 Å². The Morgan fingerprint density at radius 3 is 2.40 bits per heavy atom. The molecular weight excluding hydrogens is 294 g/mol. The van der Waals surface area contributed by atoms with Crippen LogP contribution in [-0.2, 0) is 0 Å². The van der Waals surface area contributed by atoms with Gasteiger partial charge in [-0.25, -0.2) is 4.98 Å². The molecular formula is C13H16ClN5S. The normalized spacial score (nSPS) is 15.8. The molecule has 1 fully saturated rings. The lowest BCUT2D eigenvalue weighted by atomic mass is 10.2. The van der Waals surface area contributed by atoms with Crippen LogP contribution in [0.15, 0.2) is 11.6 Å². The van der Waals surface area contributed by atoms with Gasteiger partial charge in [0.1, 0.15) is 0 Å². The van der Waals surface area contributed by atoms with Crippen LogP contribution in [0, 0.1) is 13.8 Å². The van der Waals surface area contributed by atoms with Gasteiger partial charge in [0.05, 0.1) is 0 Å². The lowest BCUT2D eigenvalue weighted by Crippen LogP contribution is -2.47. The van der Waals surface area contributed by atoms with E-state index in [1.807, 2.05) is 18.5 Å². The first-order chi connectivity index (χ1) is 9.66. The lowest BCUT2D eigenvalue weighted by molar-refractivity contribution is 0.640. The van der Waals surface area contributed by atoms with Crippen LogP contribution in [-0.4, -0.2) is 41.4 Å². The fraction of sp³-hybridized carbons (Fsp3) is 0.462. The molecule has 2 aromatic heterocycles. The number of nitrogens with zero attached hydrogens (tertiary/aromatic N) is 5. The molecule has 3 heterocycles. The first-order valence-corrected chi connectivity index (χ1v) is 7.81. The van der Waals surface area contributed by atoms with Crippen molar-refractivity contribution in [1.29, 1.82) is 0 Å². The Morgan fingerprint density at radius 1 is 1.05 bits per heavy atom. The van der Waals surface area contributed by atoms with Crippen molar-refractivity contribution in [3.63, 3.8) is 0 Å². The molecule has 1 aliphatic heterocycles. The third-order valence-electron chi connectivity index (χ3n) is 3.71. The third kappa shape index (κ3) is 2.45. The highest BCUT2D eigenvalue weighted by Gasteiger charge is 2.22. The first kappa shape index (κ1) is 13.6. The van der Waals surface area contributed by atoms with Gasteiger partial charge in [-0.2, -0.15) is 0 Å². The van der Waals surface area contributed by atoms with E-state index in [0.717, 1.165) is 48.3 Å². The number of piperazine rings is 1. The second-order valence-corrected chi connectivity index (χ2v) is 6.08. The number of hydrogen-bond acceptors (Lipinski definition) is 6. The molecule has 0 aliphatic carbocycles. The standard InChI is InChI=1S/C13H16ClN5S/c1-9-10(2)12(17-16-11(9)14)18-4-6-19(7-5-18)13-15-3-8-20-13/h3,8H,4-7H2,1-2H3. The topological polar surface area (TPSA) is 45.2 Å². The Hall–Kier alpha value is -1.40. The van der Waals surface area contributed by atoms with Crippen molar-refractivity contribution in [2.45, 2.75) is 13.8 Å². The van der Waals surface area contributed by atoms with Crippen LogP contribution < -0.4 is 9.80 Å². The van der Waals surface area contributed by atoms with E-state index < -0.39 is 0 Å². The van der Waals surface area contributed by atoms with Crippen LogP contribution >= 0.6 is 22.9 Å². The average molecular weight is 310 g/mol. The van der Waals surface area contributed by atoms with E-state index in [1.54, 1.807) is 11.3 Å². The summed E-state index contributed by atoms with van der Waals surface area (Å²) in [7, 11) is 0. The third-order valence-corrected chi connectivity index (χ3v) is 4.90. The second-order valence-electron chi connectivity index (χ2n) is 4.85. The van der Waals surface area contributed by atoms with Gasteiger partial charge >= 0.3 is 0 Å². The van der Waals surface area contributed by atoms with Gasteiger partial charge in [0.2, 0.25) is 0 Å². The molecule has 0 saturated carbocycles. The van der Waals surface area contributed by atoms with Crippen LogP contribution in [0.25, 0.3) is 0 Å². The molecule has 5 nitrogen and oxygen atoms in total. The summed E-state index contributed by atoms with van der Waals surface area (Å²) < 4.78 is 0. The molecule has 0 bridgehead atoms. The monoisotopic (exact) mass is 309 g/mol. The van der Waals surface area contributed by atoms with Crippen molar-refractivity contribution in [3.8, 4) is 0 Å². The van der Waals surface area contributed by atoms with Crippen LogP contribution in [0.2, 0.25) is 5.15 Å². The minimum atomic E-state index is 0.493. The van der Waals surface area contributed by atoms with E-state index in [1.165, 1.54) is 0 Å². The van der Waals surface area contributed by atoms with Gasteiger partial charge in [0, 0.05) is 37.8 Å². The minimum absolute atomic E-state index is 0.493. The van der Waals surface area contributed by atoms with E-state index in [4.69, 9.17) is 11.6 Å². The maximum atomic E-state index is 6.01. The summed E-state index contributed by atoms with van der Waals surface area (Å²) in [4.78, 5) is 8.95. The SMILES string of the molecule is Cc1c(Cl)nnc(N2CCN(c3nccs3)CC2)c1C. The Labute approximate surface area is 127 Å². The average Bonchev–Trinajstić information content (AvgIpc) is 3.00. The molecule has 20 heavy (non-hydrogen) atoms. The summed E-state index contributed by atoms with van der Waals surface area (Å²) in [5.41, 5.74) is 2.13. The number of anilines is 2. The summed E-state index contributed by atoms with van der Waals surface area (Å²) in [5.74, 6) is 0.950. The Morgan fingerprint density at radius 2 is 1.75 bits per heavy atom. The van der Waals surface area contributed by atoms with E-state index in [2.05, 4.69) is 31.9 Å². The zero-order chi connectivity index (χ0) is 14.1. The molecule has 2 aromatic rings. The minimum Gasteiger partial charge on any atom is -0.351 e. The van der Waals surface area contributed by atoms with E-state index in [9.17, 15) is 0 Å². The molecule has 0 amide bonds. The van der Waals surface area contributed by atoms with Gasteiger partial charge in [-0.3, -0.25) is 0 Å². The molecule has 0 aromatic carbocycles. The number of hydrogen-bond donors (Lipinski definition) is 0. The van der Waals surface area contributed by atoms with Crippen molar-refractivity contribution < 1.29 is 0 Å². The van der Waals surface area contributed by atoms with Crippen molar-refractivity contribution >= 4 is 33.9 Å². The van der Waals surface area contributed by atoms with Gasteiger partial charge in [-0.05, 0) is 25.0 Å². The van der Waals surface area contributed by atoms with Crippen LogP contribution in [0.3, 0.4) is 0 Å². The molecule has 1 saturated heterocycles. The van der Waals surface area contributed by atoms with E-state index in [0.29, 0.717) is 5.15 Å². The molecule has 0 N–H and O–H groups in total. The van der Waals surface area contributed by atoms with Crippen LogP contribution in [0.4, 0.5) is 10.9 Å². The van der Waals surface area contributed by atoms with Gasteiger partial charge in [-0.1, -0.05) is 11.6 Å². The lowest BCUT2D eigenvalue weighted by Gasteiger charge is -2.35. The summed E-state index contributed by atoms with van der Waals surface area (Å²) in [6.45, 7) is 7.80. The maximum Gasteiger partial charge on any atom is 0.185 e. The second kappa shape index (κ2) is 5.54. The number of halogens is 1. The molecule has 7 heteroatoms. The van der Waals surface area contributed by atoms with Gasteiger partial charge in [-0.15, -0.1) is 21.5 Å². The maximum absolute atomic E-state index is 6.01. The number of aromatic nitrogens is 3. The van der Waals surface area contributed by atoms with Crippen LogP contribution in [0.1, 0.15) is 11.1 Å². The molecule has 3 rings (SSSR count). The number of thiazole rings is 1. The van der Waals surface area contributed by atoms with Gasteiger partial charge in [0.25, 0.3) is 0 Å². The van der Waals surface area contributed by atoms with Crippen molar-refractivity contribution in [2.24, 2.45) is 0 Å². The molecule has 0 atom stereocenters. The predicted octanol–water partition coefficient (Wildman–Crippen LogP) is 2.53. The highest BCUT2D eigenvalue weighted by Crippen LogP contribution is 2.26. The zero-order valence-corrected chi connectivity index (χ0v) is 13.1.